The maximum absolute atomic E-state index is 11.4. The van der Waals surface area contributed by atoms with E-state index in [1.165, 1.54) is 0 Å². The number of carboxylic acid groups (broad SMARTS) is 1. The van der Waals surface area contributed by atoms with Gasteiger partial charge in [0.25, 0.3) is 0 Å². The first-order valence-electron chi connectivity index (χ1n) is 6.39. The second-order valence-electron chi connectivity index (χ2n) is 4.65. The summed E-state index contributed by atoms with van der Waals surface area (Å²) in [6.07, 6.45) is 0. The van der Waals surface area contributed by atoms with E-state index in [1.807, 2.05) is 53.7 Å². The lowest BCUT2D eigenvalue weighted by molar-refractivity contribution is 0.0690. The van der Waals surface area contributed by atoms with Crippen molar-refractivity contribution in [2.45, 2.75) is 6.54 Å². The minimum absolute atomic E-state index is 0.0206. The molecule has 1 N–H and O–H groups in total. The van der Waals surface area contributed by atoms with Gasteiger partial charge in [0, 0.05) is 17.3 Å². The van der Waals surface area contributed by atoms with Crippen LogP contribution in [0, 0.1) is 0 Å². The van der Waals surface area contributed by atoms with Gasteiger partial charge in [0.1, 0.15) is 0 Å². The molecule has 2 aromatic heterocycles. The quantitative estimate of drug-likeness (QED) is 0.802. The van der Waals surface area contributed by atoms with Crippen LogP contribution >= 0.6 is 11.3 Å². The molecule has 0 atom stereocenters. The van der Waals surface area contributed by atoms with E-state index < -0.39 is 5.97 Å². The van der Waals surface area contributed by atoms with Gasteiger partial charge in [-0.3, -0.25) is 0 Å². The van der Waals surface area contributed by atoms with Crippen LogP contribution in [0.2, 0.25) is 0 Å². The first kappa shape index (κ1) is 13.5. The first-order chi connectivity index (χ1) is 10.2. The SMILES string of the molecule is CN(Cc1cccs1)c1c(C(=O)O)nnc2ccccc12. The molecular weight excluding hydrogens is 286 g/mol. The van der Waals surface area contributed by atoms with Crippen molar-refractivity contribution in [3.8, 4) is 0 Å². The van der Waals surface area contributed by atoms with Gasteiger partial charge in [-0.1, -0.05) is 24.3 Å². The summed E-state index contributed by atoms with van der Waals surface area (Å²) in [5.41, 5.74) is 1.27. The Morgan fingerprint density at radius 3 is 2.76 bits per heavy atom. The Labute approximate surface area is 125 Å². The zero-order chi connectivity index (χ0) is 14.8. The molecule has 21 heavy (non-hydrogen) atoms. The number of nitrogens with zero attached hydrogens (tertiary/aromatic N) is 3. The number of anilines is 1. The molecule has 0 amide bonds. The maximum atomic E-state index is 11.4. The van der Waals surface area contributed by atoms with E-state index in [0.29, 0.717) is 17.7 Å². The second kappa shape index (κ2) is 5.49. The predicted molar refractivity (Wildman–Crippen MR) is 82.9 cm³/mol. The van der Waals surface area contributed by atoms with E-state index in [0.717, 1.165) is 10.3 Å². The average molecular weight is 299 g/mol. The van der Waals surface area contributed by atoms with Crippen molar-refractivity contribution in [3.63, 3.8) is 0 Å². The van der Waals surface area contributed by atoms with Gasteiger partial charge in [0.15, 0.2) is 5.69 Å². The first-order valence-corrected chi connectivity index (χ1v) is 7.27. The largest absolute Gasteiger partial charge is 0.476 e. The molecule has 0 spiro atoms. The van der Waals surface area contributed by atoms with Gasteiger partial charge in [-0.25, -0.2) is 4.79 Å². The number of thiophene rings is 1. The molecule has 0 aliphatic heterocycles. The Bertz CT molecular complexity index is 787. The van der Waals surface area contributed by atoms with E-state index in [4.69, 9.17) is 0 Å². The topological polar surface area (TPSA) is 66.3 Å². The zero-order valence-electron chi connectivity index (χ0n) is 11.4. The average Bonchev–Trinajstić information content (AvgIpc) is 2.98. The standard InChI is InChI=1S/C15H13N3O2S/c1-18(9-10-5-4-8-21-10)14-11-6-2-3-7-12(11)16-17-13(14)15(19)20/h2-8H,9H2,1H3,(H,19,20). The lowest BCUT2D eigenvalue weighted by Crippen LogP contribution is -2.20. The zero-order valence-corrected chi connectivity index (χ0v) is 12.2. The summed E-state index contributed by atoms with van der Waals surface area (Å²) < 4.78 is 0. The van der Waals surface area contributed by atoms with E-state index in [9.17, 15) is 9.90 Å². The Balaban J connectivity index is 2.13. The number of fused-ring (bicyclic) bond motifs is 1. The van der Waals surface area contributed by atoms with Crippen LogP contribution in [0.1, 0.15) is 15.4 Å². The number of aromatic carboxylic acids is 1. The predicted octanol–water partition coefficient (Wildman–Crippen LogP) is 3.03. The summed E-state index contributed by atoms with van der Waals surface area (Å²) in [6.45, 7) is 0.633. The molecule has 1 aromatic carbocycles. The van der Waals surface area contributed by atoms with Gasteiger partial charge in [-0.05, 0) is 17.5 Å². The van der Waals surface area contributed by atoms with Gasteiger partial charge in [0.05, 0.1) is 17.7 Å². The summed E-state index contributed by atoms with van der Waals surface area (Å²) in [4.78, 5) is 14.5. The maximum Gasteiger partial charge on any atom is 0.358 e. The van der Waals surface area contributed by atoms with Crippen LogP contribution in [-0.4, -0.2) is 28.3 Å². The number of aromatic nitrogens is 2. The van der Waals surface area contributed by atoms with Crippen LogP contribution in [0.5, 0.6) is 0 Å². The monoisotopic (exact) mass is 299 g/mol. The molecule has 0 aliphatic rings. The molecule has 106 valence electrons. The summed E-state index contributed by atoms with van der Waals surface area (Å²) in [7, 11) is 1.87. The van der Waals surface area contributed by atoms with Gasteiger partial charge in [-0.2, -0.15) is 0 Å². The van der Waals surface area contributed by atoms with Crippen molar-refractivity contribution < 1.29 is 9.90 Å². The van der Waals surface area contributed by atoms with Gasteiger partial charge >= 0.3 is 5.97 Å². The van der Waals surface area contributed by atoms with Gasteiger partial charge < -0.3 is 10.0 Å². The Morgan fingerprint density at radius 2 is 2.05 bits per heavy atom. The summed E-state index contributed by atoms with van der Waals surface area (Å²) in [6, 6.07) is 11.4. The molecule has 0 aliphatic carbocycles. The molecule has 0 fully saturated rings. The minimum Gasteiger partial charge on any atom is -0.476 e. The number of hydrogen-bond acceptors (Lipinski definition) is 5. The molecule has 0 radical (unpaired) electrons. The molecule has 2 heterocycles. The molecule has 3 aromatic rings. The summed E-state index contributed by atoms with van der Waals surface area (Å²) in [5, 5.41) is 20.0. The van der Waals surface area contributed by atoms with Crippen LogP contribution in [0.3, 0.4) is 0 Å². The van der Waals surface area contributed by atoms with Crippen LogP contribution in [0.15, 0.2) is 41.8 Å². The third-order valence-corrected chi connectivity index (χ3v) is 4.06. The smallest absolute Gasteiger partial charge is 0.358 e. The van der Waals surface area contributed by atoms with Crippen molar-refractivity contribution in [1.29, 1.82) is 0 Å². The highest BCUT2D eigenvalue weighted by Gasteiger charge is 2.20. The third kappa shape index (κ3) is 2.57. The highest BCUT2D eigenvalue weighted by Crippen LogP contribution is 2.29. The van der Waals surface area contributed by atoms with E-state index >= 15 is 0 Å². The fraction of sp³-hybridized carbons (Fsp3) is 0.133. The lowest BCUT2D eigenvalue weighted by Gasteiger charge is -2.21. The fourth-order valence-corrected chi connectivity index (χ4v) is 3.04. The molecular formula is C15H13N3O2S. The summed E-state index contributed by atoms with van der Waals surface area (Å²) in [5.74, 6) is -1.07. The molecule has 0 saturated carbocycles. The molecule has 0 unspecified atom stereocenters. The minimum atomic E-state index is -1.07. The Hall–Kier alpha value is -2.47. The highest BCUT2D eigenvalue weighted by atomic mass is 32.1. The fourth-order valence-electron chi connectivity index (χ4n) is 2.29. The van der Waals surface area contributed by atoms with Gasteiger partial charge in [0.2, 0.25) is 0 Å². The third-order valence-electron chi connectivity index (χ3n) is 3.20. The van der Waals surface area contributed by atoms with Crippen LogP contribution in [0.4, 0.5) is 5.69 Å². The lowest BCUT2D eigenvalue weighted by atomic mass is 10.1. The van der Waals surface area contributed by atoms with Crippen LogP contribution < -0.4 is 4.90 Å². The van der Waals surface area contributed by atoms with Gasteiger partial charge in [-0.15, -0.1) is 21.5 Å². The van der Waals surface area contributed by atoms with Crippen molar-refractivity contribution in [2.75, 3.05) is 11.9 Å². The molecule has 0 saturated heterocycles. The van der Waals surface area contributed by atoms with Crippen molar-refractivity contribution >= 4 is 33.9 Å². The molecule has 0 bridgehead atoms. The van der Waals surface area contributed by atoms with Crippen molar-refractivity contribution in [3.05, 3.63) is 52.3 Å². The number of rotatable bonds is 4. The normalized spacial score (nSPS) is 10.7. The number of benzene rings is 1. The van der Waals surface area contributed by atoms with E-state index in [-0.39, 0.29) is 5.69 Å². The van der Waals surface area contributed by atoms with Crippen molar-refractivity contribution in [2.24, 2.45) is 0 Å². The molecule has 6 heteroatoms. The number of carboxylic acids is 1. The summed E-state index contributed by atoms with van der Waals surface area (Å²) >= 11 is 1.64. The Kier molecular flexibility index (Phi) is 3.53. The van der Waals surface area contributed by atoms with E-state index in [1.54, 1.807) is 11.3 Å². The van der Waals surface area contributed by atoms with Crippen molar-refractivity contribution in [1.82, 2.24) is 10.2 Å². The molecule has 3 rings (SSSR count). The highest BCUT2D eigenvalue weighted by molar-refractivity contribution is 7.09. The van der Waals surface area contributed by atoms with Crippen LogP contribution in [-0.2, 0) is 6.54 Å². The number of hydrogen-bond donors (Lipinski definition) is 1. The molecule has 5 nitrogen and oxygen atoms in total. The Morgan fingerprint density at radius 1 is 1.24 bits per heavy atom. The van der Waals surface area contributed by atoms with E-state index in [2.05, 4.69) is 10.2 Å². The number of carbonyl (C=O) groups is 1. The van der Waals surface area contributed by atoms with Crippen LogP contribution in [0.25, 0.3) is 10.9 Å². The second-order valence-corrected chi connectivity index (χ2v) is 5.69.